The Kier molecular flexibility index (Phi) is 5.84. The molecule has 1 atom stereocenters. The zero-order valence-corrected chi connectivity index (χ0v) is 19.0. The molecule has 1 aliphatic heterocycles. The van der Waals surface area contributed by atoms with Gasteiger partial charge in [0.05, 0.1) is 0 Å². The highest BCUT2D eigenvalue weighted by molar-refractivity contribution is 6.31. The maximum atomic E-state index is 13.4. The zero-order valence-electron chi connectivity index (χ0n) is 18.3. The molecule has 35 heavy (non-hydrogen) atoms. The number of carbonyl (C=O) groups excluding carboxylic acids is 3. The smallest absolute Gasteiger partial charge is 0.268 e. The average Bonchev–Trinajstić information content (AvgIpc) is 3.26. The minimum atomic E-state index is -0.872. The number of pyridine rings is 1. The number of rotatable bonds is 5. The lowest BCUT2D eigenvalue weighted by atomic mass is 9.97. The number of fused-ring (bicyclic) bond motifs is 2. The normalized spacial score (nSPS) is 15.1. The van der Waals surface area contributed by atoms with Crippen LogP contribution >= 0.6 is 11.6 Å². The lowest BCUT2D eigenvalue weighted by Gasteiger charge is -2.34. The van der Waals surface area contributed by atoms with Crippen LogP contribution in [0.4, 0.5) is 11.5 Å². The van der Waals surface area contributed by atoms with Gasteiger partial charge < -0.3 is 25.6 Å². The average molecular weight is 490 g/mol. The highest BCUT2D eigenvalue weighted by Crippen LogP contribution is 2.28. The molecule has 3 amide bonds. The first-order valence-corrected chi connectivity index (χ1v) is 11.2. The number of hydrogen-bond acceptors (Lipinski definition) is 5. The second-order valence-corrected chi connectivity index (χ2v) is 8.55. The van der Waals surface area contributed by atoms with Gasteiger partial charge in [0.25, 0.3) is 5.91 Å². The van der Waals surface area contributed by atoms with E-state index in [1.165, 1.54) is 23.2 Å². The van der Waals surface area contributed by atoms with E-state index in [-0.39, 0.29) is 24.5 Å². The molecule has 4 aromatic rings. The third kappa shape index (κ3) is 4.53. The Morgan fingerprint density at radius 3 is 2.80 bits per heavy atom. The Bertz CT molecular complexity index is 1470. The Labute approximate surface area is 204 Å². The van der Waals surface area contributed by atoms with Crippen LogP contribution in [0, 0.1) is 0 Å². The van der Waals surface area contributed by atoms with Crippen molar-refractivity contribution in [3.63, 3.8) is 0 Å². The molecular weight excluding hydrogens is 470 g/mol. The highest BCUT2D eigenvalue weighted by atomic mass is 35.5. The molecule has 2 aromatic heterocycles. The van der Waals surface area contributed by atoms with Crippen molar-refractivity contribution in [2.24, 2.45) is 0 Å². The van der Waals surface area contributed by atoms with Gasteiger partial charge in [0, 0.05) is 34.2 Å². The molecule has 1 unspecified atom stereocenters. The van der Waals surface area contributed by atoms with Crippen molar-refractivity contribution >= 4 is 51.7 Å². The molecule has 176 valence electrons. The SMILES string of the molecule is O=C(CN1C(=O)C(NC(=O)c2cc3cc(Cl)ccc3[nH]2)Cc2ccccc21)Nc1ncccc1O. The largest absolute Gasteiger partial charge is 0.504 e. The molecule has 0 saturated heterocycles. The molecule has 0 saturated carbocycles. The van der Waals surface area contributed by atoms with Gasteiger partial charge in [-0.3, -0.25) is 14.4 Å². The summed E-state index contributed by atoms with van der Waals surface area (Å²) in [6.07, 6.45) is 1.71. The molecule has 1 aliphatic rings. The first kappa shape index (κ1) is 22.4. The van der Waals surface area contributed by atoms with Crippen LogP contribution in [0.2, 0.25) is 5.02 Å². The van der Waals surface area contributed by atoms with Crippen molar-refractivity contribution in [1.82, 2.24) is 15.3 Å². The van der Waals surface area contributed by atoms with Crippen molar-refractivity contribution in [1.29, 1.82) is 0 Å². The molecule has 0 spiro atoms. The van der Waals surface area contributed by atoms with E-state index >= 15 is 0 Å². The quantitative estimate of drug-likeness (QED) is 0.342. The number of para-hydroxylation sites is 1. The van der Waals surface area contributed by atoms with Crippen LogP contribution in [-0.2, 0) is 16.0 Å². The number of aromatic amines is 1. The second kappa shape index (κ2) is 9.11. The first-order valence-electron chi connectivity index (χ1n) is 10.8. The van der Waals surface area contributed by atoms with Crippen LogP contribution in [0.1, 0.15) is 16.1 Å². The highest BCUT2D eigenvalue weighted by Gasteiger charge is 2.35. The summed E-state index contributed by atoms with van der Waals surface area (Å²) in [4.78, 5) is 47.3. The van der Waals surface area contributed by atoms with Crippen LogP contribution in [0.5, 0.6) is 5.75 Å². The van der Waals surface area contributed by atoms with Gasteiger partial charge in [-0.1, -0.05) is 29.8 Å². The molecule has 2 aromatic carbocycles. The van der Waals surface area contributed by atoms with Crippen molar-refractivity contribution < 1.29 is 19.5 Å². The van der Waals surface area contributed by atoms with Gasteiger partial charge in [-0.2, -0.15) is 0 Å². The van der Waals surface area contributed by atoms with E-state index in [4.69, 9.17) is 11.6 Å². The summed E-state index contributed by atoms with van der Waals surface area (Å²) in [5.74, 6) is -1.59. The Hall–Kier alpha value is -4.37. The summed E-state index contributed by atoms with van der Waals surface area (Å²) in [5, 5.41) is 16.5. The number of hydrogen-bond donors (Lipinski definition) is 4. The maximum absolute atomic E-state index is 13.4. The van der Waals surface area contributed by atoms with Gasteiger partial charge in [-0.25, -0.2) is 4.98 Å². The van der Waals surface area contributed by atoms with E-state index in [2.05, 4.69) is 20.6 Å². The number of nitrogens with zero attached hydrogens (tertiary/aromatic N) is 2. The number of carbonyl (C=O) groups is 3. The fraction of sp³-hybridized carbons (Fsp3) is 0.120. The van der Waals surface area contributed by atoms with Gasteiger partial charge >= 0.3 is 0 Å². The summed E-state index contributed by atoms with van der Waals surface area (Å²) < 4.78 is 0. The number of halogens is 1. The molecule has 3 heterocycles. The van der Waals surface area contributed by atoms with Crippen molar-refractivity contribution in [2.75, 3.05) is 16.8 Å². The topological polar surface area (TPSA) is 127 Å². The summed E-state index contributed by atoms with van der Waals surface area (Å²) in [6, 6.07) is 16.2. The van der Waals surface area contributed by atoms with Crippen LogP contribution in [0.25, 0.3) is 10.9 Å². The van der Waals surface area contributed by atoms with Gasteiger partial charge in [0.2, 0.25) is 11.8 Å². The molecule has 5 rings (SSSR count). The zero-order chi connectivity index (χ0) is 24.5. The Balaban J connectivity index is 1.36. The summed E-state index contributed by atoms with van der Waals surface area (Å²) in [7, 11) is 0. The van der Waals surface area contributed by atoms with Crippen LogP contribution < -0.4 is 15.5 Å². The number of benzene rings is 2. The fourth-order valence-corrected chi connectivity index (χ4v) is 4.29. The van der Waals surface area contributed by atoms with Crippen LogP contribution in [0.3, 0.4) is 0 Å². The van der Waals surface area contributed by atoms with E-state index < -0.39 is 23.8 Å². The van der Waals surface area contributed by atoms with E-state index in [1.54, 1.807) is 36.4 Å². The first-order chi connectivity index (χ1) is 16.9. The number of anilines is 2. The molecule has 4 N–H and O–H groups in total. The van der Waals surface area contributed by atoms with Crippen molar-refractivity contribution in [2.45, 2.75) is 12.5 Å². The number of nitrogens with one attached hydrogen (secondary N) is 3. The van der Waals surface area contributed by atoms with Crippen LogP contribution in [-0.4, -0.2) is 45.4 Å². The predicted octanol–water partition coefficient (Wildman–Crippen LogP) is 3.25. The van der Waals surface area contributed by atoms with Gasteiger partial charge in [-0.05, 0) is 48.0 Å². The van der Waals surface area contributed by atoms with Gasteiger partial charge in [-0.15, -0.1) is 0 Å². The molecule has 0 bridgehead atoms. The Morgan fingerprint density at radius 2 is 1.97 bits per heavy atom. The van der Waals surface area contributed by atoms with Crippen molar-refractivity contribution in [3.8, 4) is 5.75 Å². The lowest BCUT2D eigenvalue weighted by Crippen LogP contribution is -2.54. The van der Waals surface area contributed by atoms with Gasteiger partial charge in [0.15, 0.2) is 11.6 Å². The monoisotopic (exact) mass is 489 g/mol. The minimum Gasteiger partial charge on any atom is -0.504 e. The van der Waals surface area contributed by atoms with E-state index in [9.17, 15) is 19.5 Å². The fourth-order valence-electron chi connectivity index (χ4n) is 4.11. The molecular formula is C25H20ClN5O4. The van der Waals surface area contributed by atoms with E-state index in [1.807, 2.05) is 12.1 Å². The predicted molar refractivity (Wildman–Crippen MR) is 132 cm³/mol. The summed E-state index contributed by atoms with van der Waals surface area (Å²) in [6.45, 7) is -0.316. The molecule has 10 heteroatoms. The number of H-pyrrole nitrogens is 1. The maximum Gasteiger partial charge on any atom is 0.268 e. The van der Waals surface area contributed by atoms with Crippen molar-refractivity contribution in [3.05, 3.63) is 83.1 Å². The van der Waals surface area contributed by atoms with Crippen LogP contribution in [0.15, 0.2) is 66.9 Å². The number of aromatic hydroxyl groups is 1. The summed E-state index contributed by atoms with van der Waals surface area (Å²) >= 11 is 6.03. The van der Waals surface area contributed by atoms with E-state index in [0.717, 1.165) is 16.5 Å². The molecule has 9 nitrogen and oxygen atoms in total. The standard InChI is InChI=1S/C25H20ClN5O4/c26-16-7-8-17-15(10-16)12-18(28-17)24(34)29-19-11-14-4-1-2-5-20(14)31(25(19)35)13-22(33)30-23-21(32)6-3-9-27-23/h1-10,12,19,28,32H,11,13H2,(H,29,34)(H,27,30,33). The Morgan fingerprint density at radius 1 is 1.14 bits per heavy atom. The number of amides is 3. The van der Waals surface area contributed by atoms with E-state index in [0.29, 0.717) is 16.4 Å². The third-order valence-electron chi connectivity index (χ3n) is 5.75. The van der Waals surface area contributed by atoms with Gasteiger partial charge in [0.1, 0.15) is 18.3 Å². The molecule has 0 radical (unpaired) electrons. The molecule has 0 aliphatic carbocycles. The lowest BCUT2D eigenvalue weighted by molar-refractivity contribution is -0.123. The molecule has 0 fully saturated rings. The minimum absolute atomic E-state index is 0.000916. The third-order valence-corrected chi connectivity index (χ3v) is 5.98. The second-order valence-electron chi connectivity index (χ2n) is 8.12. The number of aromatic nitrogens is 2. The summed E-state index contributed by atoms with van der Waals surface area (Å²) in [5.41, 5.74) is 2.44.